The van der Waals surface area contributed by atoms with Gasteiger partial charge in [0.15, 0.2) is 5.60 Å². The molecule has 0 bridgehead atoms. The Kier molecular flexibility index (Phi) is 6.28. The number of halogens is 1. The minimum Gasteiger partial charge on any atom is -0.396 e. The van der Waals surface area contributed by atoms with E-state index in [9.17, 15) is 9.59 Å². The second-order valence-electron chi connectivity index (χ2n) is 10.7. The molecule has 1 N–H and O–H groups in total. The third-order valence-electron chi connectivity index (χ3n) is 8.06. The van der Waals surface area contributed by atoms with Gasteiger partial charge >= 0.3 is 0 Å². The van der Waals surface area contributed by atoms with Gasteiger partial charge in [0.25, 0.3) is 5.91 Å². The average molecular weight is 516 g/mol. The lowest BCUT2D eigenvalue weighted by molar-refractivity contribution is -0.145. The van der Waals surface area contributed by atoms with Crippen molar-refractivity contribution < 1.29 is 23.5 Å². The van der Waals surface area contributed by atoms with Crippen molar-refractivity contribution in [2.75, 3.05) is 30.0 Å². The molecule has 1 aromatic carbocycles. The molecular formula is C25H34FN5O4Si. The predicted molar refractivity (Wildman–Crippen MR) is 135 cm³/mol. The average Bonchev–Trinajstić information content (AvgIpc) is 3.57. The van der Waals surface area contributed by atoms with E-state index in [2.05, 4.69) is 10.3 Å². The lowest BCUT2D eigenvalue weighted by Gasteiger charge is -2.31. The maximum absolute atomic E-state index is 15.9. The number of aliphatic hydroxyl groups excluding tert-OH is 1. The molecule has 3 aliphatic heterocycles. The fourth-order valence-corrected chi connectivity index (χ4v) is 8.98. The van der Waals surface area contributed by atoms with Crippen molar-refractivity contribution in [3.8, 4) is 0 Å². The Balaban J connectivity index is 1.50. The molecule has 1 spiro atoms. The van der Waals surface area contributed by atoms with Crippen LogP contribution in [0.3, 0.4) is 0 Å². The number of rotatable bonds is 7. The molecule has 1 aromatic heterocycles. The van der Waals surface area contributed by atoms with Crippen LogP contribution in [0.5, 0.6) is 0 Å². The van der Waals surface area contributed by atoms with Crippen LogP contribution in [0.25, 0.3) is 0 Å². The third kappa shape index (κ3) is 3.88. The summed E-state index contributed by atoms with van der Waals surface area (Å²) in [5, 5.41) is 17.3. The van der Waals surface area contributed by atoms with Gasteiger partial charge in [-0.3, -0.25) is 14.3 Å². The number of amides is 2. The van der Waals surface area contributed by atoms with Crippen LogP contribution in [0.4, 0.5) is 15.5 Å². The number of nitrogens with zero attached hydrogens (tertiary/aromatic N) is 5. The molecule has 0 unspecified atom stereocenters. The van der Waals surface area contributed by atoms with Crippen LogP contribution in [0.15, 0.2) is 24.4 Å². The smallest absolute Gasteiger partial charge is 0.264 e. The maximum atomic E-state index is 15.9. The molecule has 4 heterocycles. The number of aromatic nitrogens is 3. The highest BCUT2D eigenvalue weighted by Crippen LogP contribution is 2.60. The molecule has 0 saturated carbocycles. The molecule has 0 radical (unpaired) electrons. The summed E-state index contributed by atoms with van der Waals surface area (Å²) in [4.78, 5) is 29.6. The Bertz CT molecular complexity index is 1180. The SMILES string of the molecule is C[C@H]1[C@H]([Si](C)(C)F)[C@@H](CCn2cc(CCO)nn2)O[C@]12C(=O)N(C)c1ccc(N3CCCC3=O)cc12. The van der Waals surface area contributed by atoms with Gasteiger partial charge < -0.3 is 23.8 Å². The Morgan fingerprint density at radius 3 is 2.75 bits per heavy atom. The first kappa shape index (κ1) is 25.0. The van der Waals surface area contributed by atoms with E-state index in [1.165, 1.54) is 0 Å². The van der Waals surface area contributed by atoms with Crippen molar-refractivity contribution in [2.45, 2.75) is 69.5 Å². The normalized spacial score (nSPS) is 28.1. The number of ether oxygens (including phenoxy) is 1. The van der Waals surface area contributed by atoms with E-state index in [-0.39, 0.29) is 24.3 Å². The largest absolute Gasteiger partial charge is 0.396 e. The summed E-state index contributed by atoms with van der Waals surface area (Å²) in [6, 6.07) is 5.65. The minimum absolute atomic E-state index is 0.00572. The van der Waals surface area contributed by atoms with E-state index in [1.54, 1.807) is 40.8 Å². The number of fused-ring (bicyclic) bond motifs is 2. The van der Waals surface area contributed by atoms with Gasteiger partial charge in [-0.15, -0.1) is 5.10 Å². The summed E-state index contributed by atoms with van der Waals surface area (Å²) in [6.07, 6.45) is 3.53. The second-order valence-corrected chi connectivity index (χ2v) is 14.5. The monoisotopic (exact) mass is 515 g/mol. The van der Waals surface area contributed by atoms with Crippen LogP contribution in [0.1, 0.15) is 37.4 Å². The zero-order valence-corrected chi connectivity index (χ0v) is 22.3. The van der Waals surface area contributed by atoms with E-state index < -0.39 is 25.7 Å². The zero-order chi connectivity index (χ0) is 25.8. The van der Waals surface area contributed by atoms with E-state index in [1.807, 2.05) is 25.1 Å². The molecule has 5 rings (SSSR count). The van der Waals surface area contributed by atoms with Gasteiger partial charge in [0, 0.05) is 68.5 Å². The molecule has 9 nitrogen and oxygen atoms in total. The highest BCUT2D eigenvalue weighted by molar-refractivity contribution is 6.72. The van der Waals surface area contributed by atoms with Crippen molar-refractivity contribution in [3.63, 3.8) is 0 Å². The Labute approximate surface area is 211 Å². The lowest BCUT2D eigenvalue weighted by Crippen LogP contribution is -2.44. The van der Waals surface area contributed by atoms with Crippen molar-refractivity contribution in [2.24, 2.45) is 5.92 Å². The lowest BCUT2D eigenvalue weighted by atomic mass is 9.82. The van der Waals surface area contributed by atoms with Gasteiger partial charge in [-0.25, -0.2) is 0 Å². The van der Waals surface area contributed by atoms with Gasteiger partial charge in [0.1, 0.15) is 0 Å². The van der Waals surface area contributed by atoms with Crippen molar-refractivity contribution in [1.29, 1.82) is 0 Å². The fraction of sp³-hybridized carbons (Fsp3) is 0.600. The summed E-state index contributed by atoms with van der Waals surface area (Å²) in [7, 11) is -1.52. The Morgan fingerprint density at radius 1 is 1.31 bits per heavy atom. The summed E-state index contributed by atoms with van der Waals surface area (Å²) < 4.78 is 24.2. The molecule has 4 atom stereocenters. The molecule has 2 aromatic rings. The molecule has 2 amide bonds. The number of carbonyl (C=O) groups excluding carboxylic acids is 2. The van der Waals surface area contributed by atoms with E-state index in [0.717, 1.165) is 23.4 Å². The van der Waals surface area contributed by atoms with Crippen molar-refractivity contribution in [3.05, 3.63) is 35.7 Å². The number of hydrogen-bond donors (Lipinski definition) is 1. The third-order valence-corrected chi connectivity index (χ3v) is 10.5. The number of benzene rings is 1. The van der Waals surface area contributed by atoms with E-state index in [0.29, 0.717) is 38.0 Å². The molecule has 11 heteroatoms. The summed E-state index contributed by atoms with van der Waals surface area (Å²) in [5.41, 5.74) is 1.21. The van der Waals surface area contributed by atoms with Crippen LogP contribution in [-0.4, -0.2) is 66.6 Å². The molecule has 0 aliphatic carbocycles. The van der Waals surface area contributed by atoms with Gasteiger partial charge in [-0.1, -0.05) is 12.1 Å². The predicted octanol–water partition coefficient (Wildman–Crippen LogP) is 2.78. The van der Waals surface area contributed by atoms with Crippen LogP contribution in [-0.2, 0) is 32.9 Å². The number of aryl methyl sites for hydroxylation is 1. The molecule has 194 valence electrons. The molecule has 2 saturated heterocycles. The van der Waals surface area contributed by atoms with Crippen LogP contribution >= 0.6 is 0 Å². The van der Waals surface area contributed by atoms with E-state index >= 15 is 4.11 Å². The highest BCUT2D eigenvalue weighted by Gasteiger charge is 2.66. The highest BCUT2D eigenvalue weighted by atomic mass is 28.4. The van der Waals surface area contributed by atoms with Gasteiger partial charge in [0.2, 0.25) is 14.3 Å². The maximum Gasteiger partial charge on any atom is 0.264 e. The van der Waals surface area contributed by atoms with Crippen molar-refractivity contribution in [1.82, 2.24) is 15.0 Å². The molecule has 2 fully saturated rings. The van der Waals surface area contributed by atoms with Crippen molar-refractivity contribution >= 4 is 31.6 Å². The number of hydrogen-bond acceptors (Lipinski definition) is 6. The van der Waals surface area contributed by atoms with Crippen LogP contribution in [0, 0.1) is 5.92 Å². The van der Waals surface area contributed by atoms with Crippen LogP contribution in [0.2, 0.25) is 18.6 Å². The van der Waals surface area contributed by atoms with E-state index in [4.69, 9.17) is 9.84 Å². The first-order chi connectivity index (χ1) is 17.1. The standard InChI is InChI=1S/C25H34FN5O4Si/c1-16-23(36(3,4)26)21(9-12-30-15-17(10-13-32)27-28-30)35-25(16)19-14-18(31-11-5-6-22(31)33)7-8-20(19)29(2)24(25)34/h7-8,14-16,21,23,32H,5-6,9-13H2,1-4H3/t16-,21+,23-,25+/m0/s1. The molecular weight excluding hydrogens is 481 g/mol. The van der Waals surface area contributed by atoms with Crippen LogP contribution < -0.4 is 9.80 Å². The van der Waals surface area contributed by atoms with Gasteiger partial charge in [-0.05, 0) is 44.1 Å². The first-order valence-corrected chi connectivity index (χ1v) is 15.6. The zero-order valence-electron chi connectivity index (χ0n) is 21.3. The minimum atomic E-state index is -3.25. The molecule has 36 heavy (non-hydrogen) atoms. The topological polar surface area (TPSA) is 101 Å². The first-order valence-electron chi connectivity index (χ1n) is 12.7. The summed E-state index contributed by atoms with van der Waals surface area (Å²) >= 11 is 0. The number of carbonyl (C=O) groups is 2. The Hall–Kier alpha value is -2.63. The second kappa shape index (κ2) is 9.04. The van der Waals surface area contributed by atoms with Gasteiger partial charge in [-0.2, -0.15) is 0 Å². The summed E-state index contributed by atoms with van der Waals surface area (Å²) in [6.45, 7) is 6.41. The Morgan fingerprint density at radius 2 is 2.08 bits per heavy atom. The fourth-order valence-electron chi connectivity index (χ4n) is 6.44. The summed E-state index contributed by atoms with van der Waals surface area (Å²) in [5.74, 6) is -0.495. The number of likely N-dealkylation sites (N-methyl/N-ethyl adjacent to an activating group) is 1. The molecule has 3 aliphatic rings. The number of aliphatic hydroxyl groups is 1. The quantitative estimate of drug-likeness (QED) is 0.450. The van der Waals surface area contributed by atoms with Gasteiger partial charge in [0.05, 0.1) is 17.5 Å². The number of anilines is 2.